The minimum atomic E-state index is 0.609. The summed E-state index contributed by atoms with van der Waals surface area (Å²) in [6, 6.07) is 5.98. The van der Waals surface area contributed by atoms with Crippen molar-refractivity contribution in [3.8, 4) is 0 Å². The second-order valence-electron chi connectivity index (χ2n) is 4.69. The molecule has 0 aliphatic heterocycles. The first-order valence-electron chi connectivity index (χ1n) is 7.61. The second-order valence-corrected chi connectivity index (χ2v) is 5.13. The number of anilines is 1. The van der Waals surface area contributed by atoms with Gasteiger partial charge in [-0.1, -0.05) is 11.6 Å². The van der Waals surface area contributed by atoms with Crippen LogP contribution in [0.4, 0.5) is 5.69 Å². The number of rotatable bonds is 11. The molecule has 0 saturated heterocycles. The third kappa shape index (κ3) is 6.66. The van der Waals surface area contributed by atoms with Crippen LogP contribution >= 0.6 is 11.6 Å². The summed E-state index contributed by atoms with van der Waals surface area (Å²) in [4.78, 5) is 2.28. The van der Waals surface area contributed by atoms with Crippen LogP contribution < -0.4 is 10.6 Å². The Hall–Kier alpha value is -0.810. The van der Waals surface area contributed by atoms with Crippen LogP contribution in [0.1, 0.15) is 19.4 Å². The van der Waals surface area contributed by atoms with Crippen molar-refractivity contribution < 1.29 is 9.47 Å². The number of hydrogen-bond donors (Lipinski definition) is 1. The molecule has 4 nitrogen and oxygen atoms in total. The highest BCUT2D eigenvalue weighted by molar-refractivity contribution is 6.30. The van der Waals surface area contributed by atoms with Gasteiger partial charge < -0.3 is 20.1 Å². The molecule has 0 unspecified atom stereocenters. The zero-order valence-corrected chi connectivity index (χ0v) is 13.9. The third-order valence-electron chi connectivity index (χ3n) is 3.22. The average molecular weight is 315 g/mol. The second kappa shape index (κ2) is 10.9. The lowest BCUT2D eigenvalue weighted by atomic mass is 10.1. The molecule has 120 valence electrons. The largest absolute Gasteiger partial charge is 0.380 e. The van der Waals surface area contributed by atoms with Gasteiger partial charge in [0.2, 0.25) is 0 Å². The summed E-state index contributed by atoms with van der Waals surface area (Å²) in [5, 5.41) is 0.747. The molecule has 0 aromatic heterocycles. The van der Waals surface area contributed by atoms with E-state index in [-0.39, 0.29) is 0 Å². The zero-order valence-electron chi connectivity index (χ0n) is 13.1. The summed E-state index contributed by atoms with van der Waals surface area (Å²) in [6.07, 6.45) is 0.815. The van der Waals surface area contributed by atoms with Gasteiger partial charge in [0.05, 0.1) is 13.2 Å². The fourth-order valence-electron chi connectivity index (χ4n) is 2.21. The Bertz CT molecular complexity index is 392. The van der Waals surface area contributed by atoms with Crippen molar-refractivity contribution in [2.45, 2.75) is 20.3 Å². The molecular formula is C16H27ClN2O2. The van der Waals surface area contributed by atoms with E-state index in [2.05, 4.69) is 11.0 Å². The summed E-state index contributed by atoms with van der Waals surface area (Å²) in [7, 11) is 0. The first-order chi connectivity index (χ1) is 10.2. The first kappa shape index (κ1) is 18.2. The Morgan fingerprint density at radius 2 is 1.71 bits per heavy atom. The number of nitrogens with two attached hydrogens (primary N) is 1. The number of halogens is 1. The van der Waals surface area contributed by atoms with Crippen molar-refractivity contribution in [2.75, 3.05) is 51.0 Å². The Morgan fingerprint density at radius 1 is 1.10 bits per heavy atom. The maximum Gasteiger partial charge on any atom is 0.0641 e. The molecule has 0 heterocycles. The van der Waals surface area contributed by atoms with Crippen LogP contribution in [-0.2, 0) is 15.9 Å². The minimum absolute atomic E-state index is 0.609. The summed E-state index contributed by atoms with van der Waals surface area (Å²) in [5.74, 6) is 0. The monoisotopic (exact) mass is 314 g/mol. The van der Waals surface area contributed by atoms with Crippen LogP contribution in [0.3, 0.4) is 0 Å². The van der Waals surface area contributed by atoms with Crippen LogP contribution in [-0.4, -0.2) is 46.1 Å². The smallest absolute Gasteiger partial charge is 0.0641 e. The van der Waals surface area contributed by atoms with E-state index in [0.717, 1.165) is 37.7 Å². The van der Waals surface area contributed by atoms with Gasteiger partial charge in [0.15, 0.2) is 0 Å². The van der Waals surface area contributed by atoms with Gasteiger partial charge in [-0.2, -0.15) is 0 Å². The minimum Gasteiger partial charge on any atom is -0.380 e. The van der Waals surface area contributed by atoms with Crippen LogP contribution in [0.2, 0.25) is 5.02 Å². The zero-order chi connectivity index (χ0) is 15.5. The van der Waals surface area contributed by atoms with E-state index in [1.54, 1.807) is 0 Å². The highest BCUT2D eigenvalue weighted by atomic mass is 35.5. The molecule has 0 spiro atoms. The van der Waals surface area contributed by atoms with E-state index < -0.39 is 0 Å². The molecule has 5 heteroatoms. The molecule has 2 N–H and O–H groups in total. The highest BCUT2D eigenvalue weighted by Gasteiger charge is 2.11. The lowest BCUT2D eigenvalue weighted by Gasteiger charge is -2.27. The Labute approximate surface area is 133 Å². The van der Waals surface area contributed by atoms with Crippen LogP contribution in [0.25, 0.3) is 0 Å². The predicted molar refractivity (Wildman–Crippen MR) is 89.4 cm³/mol. The van der Waals surface area contributed by atoms with Crippen LogP contribution in [0.15, 0.2) is 18.2 Å². The molecule has 1 rings (SSSR count). The van der Waals surface area contributed by atoms with Gasteiger partial charge in [-0.25, -0.2) is 0 Å². The van der Waals surface area contributed by atoms with Crippen molar-refractivity contribution in [2.24, 2.45) is 5.73 Å². The van der Waals surface area contributed by atoms with Crippen LogP contribution in [0, 0.1) is 0 Å². The van der Waals surface area contributed by atoms with Gasteiger partial charge in [0.25, 0.3) is 0 Å². The molecule has 0 bridgehead atoms. The highest BCUT2D eigenvalue weighted by Crippen LogP contribution is 2.24. The number of nitrogens with zero attached hydrogens (tertiary/aromatic N) is 1. The summed E-state index contributed by atoms with van der Waals surface area (Å²) < 4.78 is 11.0. The molecule has 0 amide bonds. The van der Waals surface area contributed by atoms with Gasteiger partial charge in [0, 0.05) is 37.0 Å². The van der Waals surface area contributed by atoms with E-state index in [0.29, 0.717) is 19.8 Å². The van der Waals surface area contributed by atoms with E-state index in [4.69, 9.17) is 26.8 Å². The van der Waals surface area contributed by atoms with Crippen molar-refractivity contribution in [3.05, 3.63) is 28.8 Å². The van der Waals surface area contributed by atoms with Gasteiger partial charge in [-0.15, -0.1) is 0 Å². The lowest BCUT2D eigenvalue weighted by Crippen LogP contribution is -2.32. The lowest BCUT2D eigenvalue weighted by molar-refractivity contribution is 0.141. The van der Waals surface area contributed by atoms with Crippen molar-refractivity contribution in [1.29, 1.82) is 0 Å². The maximum absolute atomic E-state index is 6.10. The molecule has 0 aliphatic carbocycles. The summed E-state index contributed by atoms with van der Waals surface area (Å²) in [6.45, 7) is 9.16. The molecule has 0 saturated carbocycles. The van der Waals surface area contributed by atoms with Gasteiger partial charge in [-0.3, -0.25) is 0 Å². The van der Waals surface area contributed by atoms with Gasteiger partial charge in [0.1, 0.15) is 0 Å². The molecule has 0 aliphatic rings. The number of hydrogen-bond acceptors (Lipinski definition) is 4. The SMILES string of the molecule is CCOCCN(CCOCC)c1ccc(Cl)cc1CCN. The van der Waals surface area contributed by atoms with E-state index in [9.17, 15) is 0 Å². The first-order valence-corrected chi connectivity index (χ1v) is 7.99. The fraction of sp³-hybridized carbons (Fsp3) is 0.625. The maximum atomic E-state index is 6.10. The number of ether oxygens (including phenoxy) is 2. The normalized spacial score (nSPS) is 10.9. The van der Waals surface area contributed by atoms with E-state index in [1.165, 1.54) is 11.3 Å². The van der Waals surface area contributed by atoms with Crippen LogP contribution in [0.5, 0.6) is 0 Å². The van der Waals surface area contributed by atoms with Crippen molar-refractivity contribution in [1.82, 2.24) is 0 Å². The fourth-order valence-corrected chi connectivity index (χ4v) is 2.40. The molecule has 0 atom stereocenters. The predicted octanol–water partition coefficient (Wildman–Crippen LogP) is 2.72. The Morgan fingerprint density at radius 3 is 2.24 bits per heavy atom. The van der Waals surface area contributed by atoms with E-state index >= 15 is 0 Å². The third-order valence-corrected chi connectivity index (χ3v) is 3.45. The summed E-state index contributed by atoms with van der Waals surface area (Å²) >= 11 is 6.10. The quantitative estimate of drug-likeness (QED) is 0.638. The Kier molecular flexibility index (Phi) is 9.42. The van der Waals surface area contributed by atoms with Gasteiger partial charge in [-0.05, 0) is 50.6 Å². The molecule has 0 radical (unpaired) electrons. The molecule has 0 fully saturated rings. The molecule has 1 aromatic rings. The number of benzene rings is 1. The van der Waals surface area contributed by atoms with Crippen molar-refractivity contribution in [3.63, 3.8) is 0 Å². The molecule has 1 aromatic carbocycles. The van der Waals surface area contributed by atoms with Crippen molar-refractivity contribution >= 4 is 17.3 Å². The average Bonchev–Trinajstić information content (AvgIpc) is 2.47. The topological polar surface area (TPSA) is 47.7 Å². The van der Waals surface area contributed by atoms with E-state index in [1.807, 2.05) is 26.0 Å². The Balaban J connectivity index is 2.83. The molecular weight excluding hydrogens is 288 g/mol. The standard InChI is InChI=1S/C16H27ClN2O2/c1-3-20-11-9-19(10-12-21-4-2)16-6-5-15(17)13-14(16)7-8-18/h5-6,13H,3-4,7-12,18H2,1-2H3. The summed E-state index contributed by atoms with van der Waals surface area (Å²) in [5.41, 5.74) is 8.06. The molecule has 21 heavy (non-hydrogen) atoms. The van der Waals surface area contributed by atoms with Gasteiger partial charge >= 0.3 is 0 Å².